The first kappa shape index (κ1) is 19.5. The van der Waals surface area contributed by atoms with Crippen LogP contribution in [0.3, 0.4) is 0 Å². The fraction of sp³-hybridized carbons (Fsp3) is 0.333. The van der Waals surface area contributed by atoms with Crippen molar-refractivity contribution in [1.82, 2.24) is 4.90 Å². The van der Waals surface area contributed by atoms with E-state index < -0.39 is 34.9 Å². The Hall–Kier alpha value is -2.31. The highest BCUT2D eigenvalue weighted by Crippen LogP contribution is 2.26. The van der Waals surface area contributed by atoms with Crippen LogP contribution in [0, 0.1) is 24.4 Å². The van der Waals surface area contributed by atoms with Crippen LogP contribution < -0.4 is 4.74 Å². The Labute approximate surface area is 156 Å². The molecule has 0 bridgehead atoms. The minimum absolute atomic E-state index is 0.201. The molecule has 1 aliphatic heterocycles. The number of β-amino-alcohol motifs (C(OH)–C–C–N with tert-alkyl or cyclic N) is 1. The lowest BCUT2D eigenvalue weighted by Gasteiger charge is -2.28. The Kier molecular flexibility index (Phi) is 6.19. The van der Waals surface area contributed by atoms with Gasteiger partial charge in [0.15, 0.2) is 23.2 Å². The molecule has 0 saturated carbocycles. The van der Waals surface area contributed by atoms with Crippen molar-refractivity contribution >= 4 is 5.57 Å². The summed E-state index contributed by atoms with van der Waals surface area (Å²) >= 11 is 0. The molecule has 1 N–H and O–H groups in total. The molecule has 2 aromatic carbocycles. The van der Waals surface area contributed by atoms with E-state index in [9.17, 15) is 18.3 Å². The molecule has 3 rings (SSSR count). The molecular formula is C21H22F3NO2. The van der Waals surface area contributed by atoms with Gasteiger partial charge in [0.05, 0.1) is 0 Å². The quantitative estimate of drug-likeness (QED) is 0.774. The molecule has 144 valence electrons. The number of hydrogen-bond donors (Lipinski definition) is 1. The van der Waals surface area contributed by atoms with Gasteiger partial charge in [0, 0.05) is 31.3 Å². The number of benzene rings is 2. The SMILES string of the molecule is Cc1c(F)c(F)cc(OCC(O)CN2CC=C(c3ccccc3)CC2)c1F. The van der Waals surface area contributed by atoms with Crippen molar-refractivity contribution in [3.05, 3.63) is 71.1 Å². The third-order valence-corrected chi connectivity index (χ3v) is 4.68. The van der Waals surface area contributed by atoms with Gasteiger partial charge in [-0.25, -0.2) is 13.2 Å². The van der Waals surface area contributed by atoms with Gasteiger partial charge in [0.2, 0.25) is 0 Å². The van der Waals surface area contributed by atoms with Crippen LogP contribution in [0.1, 0.15) is 17.5 Å². The van der Waals surface area contributed by atoms with E-state index in [2.05, 4.69) is 23.1 Å². The van der Waals surface area contributed by atoms with Crippen molar-refractivity contribution in [1.29, 1.82) is 0 Å². The van der Waals surface area contributed by atoms with Crippen LogP contribution in [0.5, 0.6) is 5.75 Å². The van der Waals surface area contributed by atoms with E-state index in [0.717, 1.165) is 19.9 Å². The Bertz CT molecular complexity index is 824. The van der Waals surface area contributed by atoms with Crippen LogP contribution in [0.15, 0.2) is 42.5 Å². The molecule has 2 aromatic rings. The van der Waals surface area contributed by atoms with Gasteiger partial charge in [-0.05, 0) is 24.5 Å². The van der Waals surface area contributed by atoms with E-state index in [1.165, 1.54) is 11.1 Å². The molecule has 27 heavy (non-hydrogen) atoms. The minimum atomic E-state index is -1.23. The summed E-state index contributed by atoms with van der Waals surface area (Å²) in [5, 5.41) is 10.2. The standard InChI is InChI=1S/C21H22F3NO2/c1-14-20(23)18(22)11-19(21(14)24)27-13-17(26)12-25-9-7-16(8-10-25)15-5-3-2-4-6-15/h2-7,11,17,26H,8-10,12-13H2,1H3. The molecule has 0 amide bonds. The lowest BCUT2D eigenvalue weighted by atomic mass is 9.99. The lowest BCUT2D eigenvalue weighted by molar-refractivity contribution is 0.0699. The number of aliphatic hydroxyl groups is 1. The maximum atomic E-state index is 13.9. The molecule has 0 aliphatic carbocycles. The van der Waals surface area contributed by atoms with Gasteiger partial charge < -0.3 is 9.84 Å². The van der Waals surface area contributed by atoms with Gasteiger partial charge in [-0.3, -0.25) is 4.90 Å². The average Bonchev–Trinajstić information content (AvgIpc) is 2.69. The normalized spacial score (nSPS) is 16.1. The van der Waals surface area contributed by atoms with Gasteiger partial charge in [-0.2, -0.15) is 0 Å². The van der Waals surface area contributed by atoms with Crippen LogP contribution in [-0.2, 0) is 0 Å². The van der Waals surface area contributed by atoms with Gasteiger partial charge in [0.1, 0.15) is 12.7 Å². The topological polar surface area (TPSA) is 32.7 Å². The van der Waals surface area contributed by atoms with Crippen molar-refractivity contribution in [2.75, 3.05) is 26.2 Å². The highest BCUT2D eigenvalue weighted by molar-refractivity contribution is 5.66. The Balaban J connectivity index is 1.52. The number of halogens is 3. The summed E-state index contributed by atoms with van der Waals surface area (Å²) in [4.78, 5) is 2.06. The zero-order chi connectivity index (χ0) is 19.4. The average molecular weight is 377 g/mol. The molecule has 0 aromatic heterocycles. The van der Waals surface area contributed by atoms with E-state index in [0.29, 0.717) is 19.2 Å². The molecule has 0 fully saturated rings. The molecule has 3 nitrogen and oxygen atoms in total. The minimum Gasteiger partial charge on any atom is -0.488 e. The first-order valence-corrected chi connectivity index (χ1v) is 8.87. The Morgan fingerprint density at radius 2 is 1.89 bits per heavy atom. The predicted molar refractivity (Wildman–Crippen MR) is 98.0 cm³/mol. The molecule has 1 heterocycles. The van der Waals surface area contributed by atoms with E-state index in [-0.39, 0.29) is 6.61 Å². The third-order valence-electron chi connectivity index (χ3n) is 4.68. The number of aliphatic hydroxyl groups excluding tert-OH is 1. The first-order valence-electron chi connectivity index (χ1n) is 8.87. The van der Waals surface area contributed by atoms with Crippen LogP contribution in [0.2, 0.25) is 0 Å². The van der Waals surface area contributed by atoms with Crippen molar-refractivity contribution in [2.45, 2.75) is 19.4 Å². The van der Waals surface area contributed by atoms with Crippen LogP contribution in [0.25, 0.3) is 5.57 Å². The molecule has 1 unspecified atom stereocenters. The second kappa shape index (κ2) is 8.59. The van der Waals surface area contributed by atoms with Gasteiger partial charge in [0.25, 0.3) is 0 Å². The lowest BCUT2D eigenvalue weighted by Crippen LogP contribution is -2.38. The summed E-state index contributed by atoms with van der Waals surface area (Å²) < 4.78 is 45.8. The van der Waals surface area contributed by atoms with Crippen LogP contribution >= 0.6 is 0 Å². The third kappa shape index (κ3) is 4.70. The second-order valence-electron chi connectivity index (χ2n) is 6.68. The second-order valence-corrected chi connectivity index (χ2v) is 6.68. The smallest absolute Gasteiger partial charge is 0.171 e. The Morgan fingerprint density at radius 1 is 1.15 bits per heavy atom. The van der Waals surface area contributed by atoms with E-state index in [4.69, 9.17) is 4.74 Å². The van der Waals surface area contributed by atoms with E-state index in [1.807, 2.05) is 18.2 Å². The maximum Gasteiger partial charge on any atom is 0.171 e. The molecule has 1 aliphatic rings. The van der Waals surface area contributed by atoms with Crippen LogP contribution in [0.4, 0.5) is 13.2 Å². The summed E-state index contributed by atoms with van der Waals surface area (Å²) in [5.41, 5.74) is 2.04. The summed E-state index contributed by atoms with van der Waals surface area (Å²) in [6, 6.07) is 10.8. The molecule has 6 heteroatoms. The highest BCUT2D eigenvalue weighted by atomic mass is 19.2. The fourth-order valence-corrected chi connectivity index (χ4v) is 3.14. The van der Waals surface area contributed by atoms with E-state index >= 15 is 0 Å². The maximum absolute atomic E-state index is 13.9. The first-order chi connectivity index (χ1) is 13.0. The molecule has 0 radical (unpaired) electrons. The van der Waals surface area contributed by atoms with E-state index in [1.54, 1.807) is 0 Å². The van der Waals surface area contributed by atoms with Crippen molar-refractivity contribution < 1.29 is 23.0 Å². The summed E-state index contributed by atoms with van der Waals surface area (Å²) in [6.07, 6.45) is 2.13. The van der Waals surface area contributed by atoms with Crippen molar-refractivity contribution in [3.63, 3.8) is 0 Å². The van der Waals surface area contributed by atoms with Gasteiger partial charge in [-0.15, -0.1) is 0 Å². The van der Waals surface area contributed by atoms with Crippen LogP contribution in [-0.4, -0.2) is 42.4 Å². The monoisotopic (exact) mass is 377 g/mol. The largest absolute Gasteiger partial charge is 0.488 e. The molecular weight excluding hydrogens is 355 g/mol. The molecule has 0 spiro atoms. The fourth-order valence-electron chi connectivity index (χ4n) is 3.14. The number of rotatable bonds is 6. The van der Waals surface area contributed by atoms with Crippen molar-refractivity contribution in [3.8, 4) is 5.75 Å². The molecule has 1 atom stereocenters. The summed E-state index contributed by atoms with van der Waals surface area (Å²) in [6.45, 7) is 2.77. The van der Waals surface area contributed by atoms with Crippen molar-refractivity contribution in [2.24, 2.45) is 0 Å². The molecule has 0 saturated heterocycles. The number of ether oxygens (including phenoxy) is 1. The van der Waals surface area contributed by atoms with Gasteiger partial charge in [-0.1, -0.05) is 36.4 Å². The number of hydrogen-bond acceptors (Lipinski definition) is 3. The summed E-state index contributed by atoms with van der Waals surface area (Å²) in [5.74, 6) is -3.74. The predicted octanol–water partition coefficient (Wildman–Crippen LogP) is 3.94. The summed E-state index contributed by atoms with van der Waals surface area (Å²) in [7, 11) is 0. The zero-order valence-corrected chi connectivity index (χ0v) is 15.1. The van der Waals surface area contributed by atoms with Gasteiger partial charge >= 0.3 is 0 Å². The number of nitrogens with zero attached hydrogens (tertiary/aromatic N) is 1. The Morgan fingerprint density at radius 3 is 2.56 bits per heavy atom. The zero-order valence-electron chi connectivity index (χ0n) is 15.1. The highest BCUT2D eigenvalue weighted by Gasteiger charge is 2.19.